The number of aliphatic hydroxyl groups is 3. The van der Waals surface area contributed by atoms with Crippen LogP contribution in [-0.2, 0) is 25.5 Å². The molecular formula is C29H34N2O12. The van der Waals surface area contributed by atoms with Crippen LogP contribution in [-0.4, -0.2) is 92.6 Å². The first-order chi connectivity index (χ1) is 20.2. The summed E-state index contributed by atoms with van der Waals surface area (Å²) >= 11 is 0. The minimum Gasteiger partial charge on any atom is -0.507 e. The molecule has 0 unspecified atom stereocenters. The molecule has 232 valence electrons. The van der Waals surface area contributed by atoms with Crippen molar-refractivity contribution < 1.29 is 58.9 Å². The van der Waals surface area contributed by atoms with E-state index >= 15 is 0 Å². The fraction of sp³-hybridized carbons (Fsp3) is 0.448. The third-order valence-corrected chi connectivity index (χ3v) is 7.81. The number of Topliss-reactive ketones (excluding diaryl/α,β-unsaturated/α-hetero) is 1. The van der Waals surface area contributed by atoms with Gasteiger partial charge in [-0.3, -0.25) is 19.2 Å². The molecule has 9 N–H and O–H groups in total. The van der Waals surface area contributed by atoms with Gasteiger partial charge < -0.3 is 51.2 Å². The van der Waals surface area contributed by atoms with Crippen molar-refractivity contribution >= 4 is 23.3 Å². The van der Waals surface area contributed by atoms with E-state index in [1.54, 1.807) is 6.92 Å². The lowest BCUT2D eigenvalue weighted by molar-refractivity contribution is -0.247. The molecule has 1 heterocycles. The minimum absolute atomic E-state index is 0.0173. The monoisotopic (exact) mass is 602 g/mol. The maximum Gasteiger partial charge on any atom is 0.214 e. The standard InChI is InChI=1S/C27H29NO11.C2H5NO/c1-10-22(31)13(28)6-17(38-10)39-15-8-27(36,16(30)9-29)7-12-19(15)26(35)21-20(24(12)33)23(32)11-4-3-5-14(37-2)18(11)25(21)34;1-2(3)4/h3-5,10,13,15,17,22,29,31,33,35-36H,6-9,28H2,1-2H3;1H3,(H2,3,4)/t10-,13-,15-,17-,22+,27-;/m0./s1. The molecule has 14 heteroatoms. The molecule has 14 nitrogen and oxygen atoms in total. The molecule has 2 aromatic rings. The molecule has 1 fully saturated rings. The number of aliphatic hydroxyl groups excluding tert-OH is 2. The molecule has 5 rings (SSSR count). The summed E-state index contributed by atoms with van der Waals surface area (Å²) in [6, 6.07) is 3.64. The summed E-state index contributed by atoms with van der Waals surface area (Å²) in [5.41, 5.74) is 6.85. The van der Waals surface area contributed by atoms with E-state index in [9.17, 15) is 44.7 Å². The average Bonchev–Trinajstić information content (AvgIpc) is 2.94. The van der Waals surface area contributed by atoms with Gasteiger partial charge in [0.2, 0.25) is 11.7 Å². The lowest BCUT2D eigenvalue weighted by Crippen LogP contribution is -2.53. The zero-order valence-corrected chi connectivity index (χ0v) is 23.7. The van der Waals surface area contributed by atoms with E-state index in [0.29, 0.717) is 0 Å². The van der Waals surface area contributed by atoms with E-state index in [-0.39, 0.29) is 40.3 Å². The van der Waals surface area contributed by atoms with Gasteiger partial charge in [-0.2, -0.15) is 0 Å². The number of ether oxygens (including phenoxy) is 3. The van der Waals surface area contributed by atoms with Crippen LogP contribution in [0.2, 0.25) is 0 Å². The number of ketones is 3. The smallest absolute Gasteiger partial charge is 0.214 e. The molecule has 1 aliphatic heterocycles. The maximum atomic E-state index is 13.6. The third-order valence-electron chi connectivity index (χ3n) is 7.81. The number of nitrogens with two attached hydrogens (primary N) is 2. The number of hydrogen-bond acceptors (Lipinski definition) is 13. The Morgan fingerprint density at radius 2 is 1.74 bits per heavy atom. The quantitative estimate of drug-likeness (QED) is 0.182. The minimum atomic E-state index is -2.24. The molecule has 3 aliphatic rings. The molecule has 6 atom stereocenters. The second kappa shape index (κ2) is 12.0. The molecule has 0 saturated carbocycles. The topological polar surface area (TPSA) is 249 Å². The number of primary amides is 1. The van der Waals surface area contributed by atoms with Crippen molar-refractivity contribution in [2.24, 2.45) is 11.5 Å². The highest BCUT2D eigenvalue weighted by Gasteiger charge is 2.50. The Hall–Kier alpha value is -3.92. The summed E-state index contributed by atoms with van der Waals surface area (Å²) in [5.74, 6) is -4.11. The number of carbonyl (C=O) groups excluding carboxylic acids is 4. The number of benzene rings is 2. The van der Waals surface area contributed by atoms with Gasteiger partial charge in [-0.15, -0.1) is 0 Å². The first-order valence-electron chi connectivity index (χ1n) is 13.4. The summed E-state index contributed by atoms with van der Waals surface area (Å²) < 4.78 is 17.0. The zero-order chi connectivity index (χ0) is 32.0. The number of aromatic hydroxyl groups is 2. The Balaban J connectivity index is 0.000000996. The second-order valence-electron chi connectivity index (χ2n) is 10.8. The van der Waals surface area contributed by atoms with Crippen molar-refractivity contribution in [3.05, 3.63) is 51.6 Å². The molecule has 43 heavy (non-hydrogen) atoms. The summed E-state index contributed by atoms with van der Waals surface area (Å²) in [6.07, 6.45) is -5.12. The Morgan fingerprint density at radius 1 is 1.12 bits per heavy atom. The van der Waals surface area contributed by atoms with Gasteiger partial charge in [0.05, 0.1) is 42.1 Å². The predicted molar refractivity (Wildman–Crippen MR) is 147 cm³/mol. The van der Waals surface area contributed by atoms with Crippen LogP contribution >= 0.6 is 0 Å². The van der Waals surface area contributed by atoms with Gasteiger partial charge >= 0.3 is 0 Å². The lowest BCUT2D eigenvalue weighted by Gasteiger charge is -2.42. The first kappa shape index (κ1) is 32.0. The fourth-order valence-electron chi connectivity index (χ4n) is 5.75. The van der Waals surface area contributed by atoms with E-state index in [1.165, 1.54) is 32.2 Å². The molecule has 0 spiro atoms. The number of carbonyl (C=O) groups is 4. The van der Waals surface area contributed by atoms with Crippen LogP contribution in [0.1, 0.15) is 75.8 Å². The van der Waals surface area contributed by atoms with Crippen LogP contribution in [0.4, 0.5) is 0 Å². The van der Waals surface area contributed by atoms with Gasteiger partial charge in [0.25, 0.3) is 0 Å². The van der Waals surface area contributed by atoms with Gasteiger partial charge in [-0.05, 0) is 13.0 Å². The zero-order valence-electron chi connectivity index (χ0n) is 23.7. The third kappa shape index (κ3) is 5.60. The highest BCUT2D eigenvalue weighted by Crippen LogP contribution is 2.52. The second-order valence-corrected chi connectivity index (χ2v) is 10.8. The van der Waals surface area contributed by atoms with Crippen LogP contribution in [0.15, 0.2) is 18.2 Å². The van der Waals surface area contributed by atoms with Crippen molar-refractivity contribution in [2.75, 3.05) is 13.7 Å². The summed E-state index contributed by atoms with van der Waals surface area (Å²) in [4.78, 5) is 49.0. The van der Waals surface area contributed by atoms with E-state index in [1.807, 2.05) is 0 Å². The number of fused-ring (bicyclic) bond motifs is 3. The van der Waals surface area contributed by atoms with Crippen molar-refractivity contribution in [2.45, 2.75) is 69.4 Å². The largest absolute Gasteiger partial charge is 0.507 e. The van der Waals surface area contributed by atoms with E-state index in [0.717, 1.165) is 0 Å². The fourth-order valence-corrected chi connectivity index (χ4v) is 5.75. The van der Waals surface area contributed by atoms with Crippen LogP contribution < -0.4 is 16.2 Å². The van der Waals surface area contributed by atoms with Gasteiger partial charge in [-0.1, -0.05) is 12.1 Å². The Bertz CT molecular complexity index is 1470. The molecule has 0 radical (unpaired) electrons. The number of phenolic OH excluding ortho intramolecular Hbond substituents is 2. The van der Waals surface area contributed by atoms with E-state index < -0.39 is 95.7 Å². The SMILES string of the molecule is CC(N)=O.COc1cccc2c1C(=O)c1c(O)c3c(c(O)c1C2=O)C[C@@](O)(C(=O)CO)C[C@@H]3O[C@H]1C[C@H](N)[C@H](O)[C@H](C)O1. The Morgan fingerprint density at radius 3 is 2.33 bits per heavy atom. The maximum absolute atomic E-state index is 13.6. The summed E-state index contributed by atoms with van der Waals surface area (Å²) in [7, 11) is 1.32. The van der Waals surface area contributed by atoms with Crippen LogP contribution in [0.25, 0.3) is 0 Å². The Kier molecular flexibility index (Phi) is 8.92. The van der Waals surface area contributed by atoms with Crippen LogP contribution in [0.5, 0.6) is 17.2 Å². The highest BCUT2D eigenvalue weighted by molar-refractivity contribution is 6.31. The summed E-state index contributed by atoms with van der Waals surface area (Å²) in [5, 5.41) is 53.7. The predicted octanol–water partition coefficient (Wildman–Crippen LogP) is -0.507. The van der Waals surface area contributed by atoms with Crippen LogP contribution in [0, 0.1) is 0 Å². The van der Waals surface area contributed by atoms with Crippen molar-refractivity contribution in [3.8, 4) is 17.2 Å². The number of methoxy groups -OCH3 is 1. The lowest BCUT2D eigenvalue weighted by atomic mass is 9.72. The van der Waals surface area contributed by atoms with Crippen molar-refractivity contribution in [1.82, 2.24) is 0 Å². The average molecular weight is 603 g/mol. The number of phenols is 2. The molecule has 0 bridgehead atoms. The Labute approximate surface area is 245 Å². The van der Waals surface area contributed by atoms with Crippen LogP contribution in [0.3, 0.4) is 0 Å². The molecule has 1 amide bonds. The highest BCUT2D eigenvalue weighted by atomic mass is 16.7. The summed E-state index contributed by atoms with van der Waals surface area (Å²) in [6.45, 7) is 1.87. The normalized spacial score (nSPS) is 27.7. The van der Waals surface area contributed by atoms with Gasteiger partial charge in [-0.25, -0.2) is 0 Å². The van der Waals surface area contributed by atoms with Crippen molar-refractivity contribution in [1.29, 1.82) is 0 Å². The first-order valence-corrected chi connectivity index (χ1v) is 13.4. The number of rotatable bonds is 5. The van der Waals surface area contributed by atoms with Gasteiger partial charge in [0.1, 0.15) is 29.5 Å². The number of hydrogen-bond donors (Lipinski definition) is 7. The van der Waals surface area contributed by atoms with E-state index in [2.05, 4.69) is 5.73 Å². The molecule has 0 aromatic heterocycles. The van der Waals surface area contributed by atoms with E-state index in [4.69, 9.17) is 19.9 Å². The number of amides is 1. The van der Waals surface area contributed by atoms with Crippen molar-refractivity contribution in [3.63, 3.8) is 0 Å². The molecule has 2 aliphatic carbocycles. The molecule has 2 aromatic carbocycles. The molecule has 1 saturated heterocycles. The molecular weight excluding hydrogens is 568 g/mol. The van der Waals surface area contributed by atoms with Gasteiger partial charge in [0, 0.05) is 48.9 Å². The van der Waals surface area contributed by atoms with Gasteiger partial charge in [0.15, 0.2) is 17.9 Å².